The molecule has 3 heterocycles. The fourth-order valence-electron chi connectivity index (χ4n) is 3.12. The molecule has 0 spiro atoms. The molecule has 7 nitrogen and oxygen atoms in total. The third-order valence-corrected chi connectivity index (χ3v) is 6.75. The van der Waals surface area contributed by atoms with Crippen LogP contribution in [-0.2, 0) is 4.79 Å². The summed E-state index contributed by atoms with van der Waals surface area (Å²) < 4.78 is 0. The third kappa shape index (κ3) is 3.59. The number of aryl methyl sites for hydroxylation is 1. The van der Waals surface area contributed by atoms with Gasteiger partial charge in [0.2, 0.25) is 5.91 Å². The number of aromatic nitrogens is 2. The van der Waals surface area contributed by atoms with E-state index in [9.17, 15) is 9.59 Å². The molecule has 2 atom stereocenters. The van der Waals surface area contributed by atoms with Gasteiger partial charge in [-0.15, -0.1) is 11.3 Å². The average Bonchev–Trinajstić information content (AvgIpc) is 3.25. The monoisotopic (exact) mass is 393 g/mol. The van der Waals surface area contributed by atoms with Crippen molar-refractivity contribution in [3.8, 4) is 10.6 Å². The minimum Gasteiger partial charge on any atom is -0.368 e. The summed E-state index contributed by atoms with van der Waals surface area (Å²) in [7, 11) is 0. The number of hydrogen-bond acceptors (Lipinski definition) is 6. The highest BCUT2D eigenvalue weighted by Gasteiger charge is 2.38. The summed E-state index contributed by atoms with van der Waals surface area (Å²) in [5.74, 6) is -0.0230. The molecule has 9 heteroatoms. The van der Waals surface area contributed by atoms with E-state index in [0.717, 1.165) is 27.7 Å². The number of carbonyl (C=O) groups is 2. The molecule has 2 aromatic heterocycles. The van der Waals surface area contributed by atoms with E-state index < -0.39 is 11.9 Å². The van der Waals surface area contributed by atoms with E-state index in [-0.39, 0.29) is 11.9 Å². The lowest BCUT2D eigenvalue weighted by Crippen LogP contribution is -2.47. The maximum atomic E-state index is 12.6. The van der Waals surface area contributed by atoms with Gasteiger partial charge in [-0.25, -0.2) is 14.8 Å². The Balaban J connectivity index is 1.77. The van der Waals surface area contributed by atoms with Gasteiger partial charge in [0.15, 0.2) is 5.13 Å². The van der Waals surface area contributed by atoms with Crippen LogP contribution in [0.1, 0.15) is 43.8 Å². The molecule has 26 heavy (non-hydrogen) atoms. The SMILES string of the molecule is Cc1nc(NC(=O)N2CCC(C)C2C(N)=O)sc1-c1csc(C(C)C)n1. The predicted molar refractivity (Wildman–Crippen MR) is 105 cm³/mol. The van der Waals surface area contributed by atoms with Crippen LogP contribution >= 0.6 is 22.7 Å². The molecular formula is C17H23N5O2S2. The van der Waals surface area contributed by atoms with Crippen LogP contribution in [0.4, 0.5) is 9.93 Å². The number of carbonyl (C=O) groups excluding carboxylic acids is 2. The van der Waals surface area contributed by atoms with Crippen molar-refractivity contribution in [2.45, 2.75) is 46.1 Å². The topological polar surface area (TPSA) is 101 Å². The Hall–Kier alpha value is -2.00. The van der Waals surface area contributed by atoms with Crippen molar-refractivity contribution >= 4 is 39.7 Å². The summed E-state index contributed by atoms with van der Waals surface area (Å²) in [6, 6.07) is -0.901. The number of amides is 3. The Morgan fingerprint density at radius 1 is 1.38 bits per heavy atom. The van der Waals surface area contributed by atoms with E-state index >= 15 is 0 Å². The van der Waals surface area contributed by atoms with E-state index in [0.29, 0.717) is 17.6 Å². The molecule has 0 saturated carbocycles. The van der Waals surface area contributed by atoms with Crippen molar-refractivity contribution in [2.24, 2.45) is 11.7 Å². The second-order valence-electron chi connectivity index (χ2n) is 6.90. The van der Waals surface area contributed by atoms with E-state index in [1.165, 1.54) is 16.2 Å². The fourth-order valence-corrected chi connectivity index (χ4v) is 4.93. The summed E-state index contributed by atoms with van der Waals surface area (Å²) in [6.45, 7) is 8.57. The minimum atomic E-state index is -0.567. The number of thiazole rings is 2. The van der Waals surface area contributed by atoms with Gasteiger partial charge in [0, 0.05) is 17.8 Å². The molecule has 1 saturated heterocycles. The normalized spacial score (nSPS) is 20.0. The van der Waals surface area contributed by atoms with Gasteiger partial charge in [0.25, 0.3) is 0 Å². The number of primary amides is 1. The van der Waals surface area contributed by atoms with Crippen LogP contribution in [0.2, 0.25) is 0 Å². The van der Waals surface area contributed by atoms with E-state index in [1.54, 1.807) is 11.3 Å². The van der Waals surface area contributed by atoms with Crippen molar-refractivity contribution in [3.05, 3.63) is 16.1 Å². The molecule has 2 unspecified atom stereocenters. The molecule has 3 rings (SSSR count). The van der Waals surface area contributed by atoms with Crippen LogP contribution in [0.15, 0.2) is 5.38 Å². The second kappa shape index (κ2) is 7.32. The van der Waals surface area contributed by atoms with Crippen molar-refractivity contribution in [1.29, 1.82) is 0 Å². The van der Waals surface area contributed by atoms with Gasteiger partial charge in [0.05, 0.1) is 21.3 Å². The fraction of sp³-hybridized carbons (Fsp3) is 0.529. The summed E-state index contributed by atoms with van der Waals surface area (Å²) in [5, 5.41) is 6.41. The van der Waals surface area contributed by atoms with E-state index in [4.69, 9.17) is 5.73 Å². The zero-order valence-electron chi connectivity index (χ0n) is 15.3. The first-order valence-corrected chi connectivity index (χ1v) is 10.3. The Morgan fingerprint density at radius 2 is 2.12 bits per heavy atom. The average molecular weight is 394 g/mol. The van der Waals surface area contributed by atoms with Gasteiger partial charge in [-0.1, -0.05) is 32.1 Å². The number of urea groups is 1. The third-order valence-electron chi connectivity index (χ3n) is 4.51. The zero-order chi connectivity index (χ0) is 19.0. The number of nitrogens with two attached hydrogens (primary N) is 1. The van der Waals surface area contributed by atoms with E-state index in [2.05, 4.69) is 29.1 Å². The Morgan fingerprint density at radius 3 is 2.73 bits per heavy atom. The Bertz CT molecular complexity index is 829. The summed E-state index contributed by atoms with van der Waals surface area (Å²) >= 11 is 3.02. The standard InChI is InChI=1S/C17H23N5O2S2/c1-8(2)15-20-11(7-25-15)13-10(4)19-16(26-13)21-17(24)22-6-5-9(3)12(22)14(18)23/h7-9,12H,5-6H2,1-4H3,(H2,18,23)(H,19,21,24). The lowest BCUT2D eigenvalue weighted by molar-refractivity contribution is -0.122. The number of likely N-dealkylation sites (tertiary alicyclic amines) is 1. The summed E-state index contributed by atoms with van der Waals surface area (Å²) in [6.07, 6.45) is 0.764. The second-order valence-corrected chi connectivity index (χ2v) is 8.78. The molecule has 140 valence electrons. The van der Waals surface area contributed by atoms with Crippen LogP contribution < -0.4 is 11.1 Å². The van der Waals surface area contributed by atoms with Crippen LogP contribution in [0.25, 0.3) is 10.6 Å². The molecule has 3 N–H and O–H groups in total. The highest BCUT2D eigenvalue weighted by molar-refractivity contribution is 7.19. The van der Waals surface area contributed by atoms with Gasteiger partial charge < -0.3 is 10.6 Å². The molecule has 0 aromatic carbocycles. The van der Waals surface area contributed by atoms with Crippen LogP contribution in [0, 0.1) is 12.8 Å². The minimum absolute atomic E-state index is 0.0660. The number of hydrogen-bond donors (Lipinski definition) is 2. The first-order valence-electron chi connectivity index (χ1n) is 8.58. The van der Waals surface area contributed by atoms with Gasteiger partial charge in [-0.05, 0) is 19.3 Å². The Labute approximate surface area is 160 Å². The van der Waals surface area contributed by atoms with Crippen molar-refractivity contribution in [1.82, 2.24) is 14.9 Å². The van der Waals surface area contributed by atoms with Gasteiger partial charge in [-0.2, -0.15) is 0 Å². The molecule has 0 radical (unpaired) electrons. The highest BCUT2D eigenvalue weighted by Crippen LogP contribution is 2.35. The first-order chi connectivity index (χ1) is 12.3. The maximum absolute atomic E-state index is 12.6. The van der Waals surface area contributed by atoms with Crippen molar-refractivity contribution < 1.29 is 9.59 Å². The maximum Gasteiger partial charge on any atom is 0.324 e. The molecule has 1 aliphatic heterocycles. The van der Waals surface area contributed by atoms with Crippen molar-refractivity contribution in [3.63, 3.8) is 0 Å². The highest BCUT2D eigenvalue weighted by atomic mass is 32.1. The van der Waals surface area contributed by atoms with Crippen LogP contribution in [-0.4, -0.2) is 39.4 Å². The molecule has 2 aromatic rings. The quantitative estimate of drug-likeness (QED) is 0.831. The van der Waals surface area contributed by atoms with Crippen LogP contribution in [0.3, 0.4) is 0 Å². The molecule has 1 aliphatic rings. The molecule has 0 bridgehead atoms. The molecular weight excluding hydrogens is 370 g/mol. The summed E-state index contributed by atoms with van der Waals surface area (Å²) in [4.78, 5) is 35.8. The first kappa shape index (κ1) is 18.8. The number of rotatable bonds is 4. The van der Waals surface area contributed by atoms with Gasteiger partial charge in [0.1, 0.15) is 6.04 Å². The lowest BCUT2D eigenvalue weighted by atomic mass is 10.0. The number of anilines is 1. The summed E-state index contributed by atoms with van der Waals surface area (Å²) in [5.41, 5.74) is 7.17. The number of nitrogens with one attached hydrogen (secondary N) is 1. The smallest absolute Gasteiger partial charge is 0.324 e. The largest absolute Gasteiger partial charge is 0.368 e. The van der Waals surface area contributed by atoms with Crippen LogP contribution in [0.5, 0.6) is 0 Å². The molecule has 1 fully saturated rings. The van der Waals surface area contributed by atoms with E-state index in [1.807, 2.05) is 19.2 Å². The number of nitrogens with zero attached hydrogens (tertiary/aromatic N) is 3. The van der Waals surface area contributed by atoms with Crippen molar-refractivity contribution in [2.75, 3.05) is 11.9 Å². The molecule has 0 aliphatic carbocycles. The zero-order valence-corrected chi connectivity index (χ0v) is 16.9. The van der Waals surface area contributed by atoms with Gasteiger partial charge in [-0.3, -0.25) is 10.1 Å². The predicted octanol–water partition coefficient (Wildman–Crippen LogP) is 3.43. The van der Waals surface area contributed by atoms with Gasteiger partial charge >= 0.3 is 6.03 Å². The molecule has 3 amide bonds. The Kier molecular flexibility index (Phi) is 5.29. The lowest BCUT2D eigenvalue weighted by Gasteiger charge is -2.23.